The predicted octanol–water partition coefficient (Wildman–Crippen LogP) is 1.69. The zero-order valence-electron chi connectivity index (χ0n) is 9.32. The molecule has 0 aliphatic carbocycles. The van der Waals surface area contributed by atoms with Gasteiger partial charge in [-0.05, 0) is 13.8 Å². The van der Waals surface area contributed by atoms with Gasteiger partial charge in [0, 0.05) is 13.0 Å². The summed E-state index contributed by atoms with van der Waals surface area (Å²) in [4.78, 5) is 15.5. The number of rotatable bonds is 6. The van der Waals surface area contributed by atoms with Gasteiger partial charge in [0.25, 0.3) is 0 Å². The van der Waals surface area contributed by atoms with Crippen molar-refractivity contribution in [1.82, 2.24) is 10.1 Å². The van der Waals surface area contributed by atoms with E-state index < -0.39 is 0 Å². The Balaban J connectivity index is 2.62. The molecule has 1 aromatic rings. The maximum atomic E-state index is 11.4. The minimum atomic E-state index is -0.321. The molecule has 0 saturated heterocycles. The van der Waals surface area contributed by atoms with Crippen LogP contribution in [0.5, 0.6) is 0 Å². The first-order valence-electron chi connectivity index (χ1n) is 5.12. The second-order valence-corrected chi connectivity index (χ2v) is 3.23. The summed E-state index contributed by atoms with van der Waals surface area (Å²) in [5, 5.41) is 3.73. The van der Waals surface area contributed by atoms with Gasteiger partial charge in [-0.3, -0.25) is 4.79 Å². The summed E-state index contributed by atoms with van der Waals surface area (Å²) >= 11 is 0. The Morgan fingerprint density at radius 1 is 1.53 bits per heavy atom. The summed E-state index contributed by atoms with van der Waals surface area (Å²) in [6, 6.07) is 0. The van der Waals surface area contributed by atoms with E-state index >= 15 is 0 Å². The summed E-state index contributed by atoms with van der Waals surface area (Å²) in [6.07, 6.45) is 0.477. The molecule has 0 radical (unpaired) electrons. The third-order valence-corrected chi connectivity index (χ3v) is 2.12. The summed E-state index contributed by atoms with van der Waals surface area (Å²) in [5.74, 6) is 0.638. The summed E-state index contributed by atoms with van der Waals surface area (Å²) < 4.78 is 10.1. The van der Waals surface area contributed by atoms with Crippen LogP contribution >= 0.6 is 0 Å². The number of carbonyl (C=O) groups excluding carboxylic acids is 1. The van der Waals surface area contributed by atoms with Crippen LogP contribution in [0.2, 0.25) is 0 Å². The molecule has 0 saturated carbocycles. The van der Waals surface area contributed by atoms with E-state index in [0.29, 0.717) is 31.3 Å². The van der Waals surface area contributed by atoms with E-state index in [0.717, 1.165) is 0 Å². The maximum absolute atomic E-state index is 11.4. The number of carbonyl (C=O) groups is 1. The second kappa shape index (κ2) is 5.60. The Morgan fingerprint density at radius 3 is 2.87 bits per heavy atom. The van der Waals surface area contributed by atoms with Crippen molar-refractivity contribution >= 4 is 5.78 Å². The first kappa shape index (κ1) is 11.8. The van der Waals surface area contributed by atoms with E-state index in [-0.39, 0.29) is 11.7 Å². The molecule has 0 N–H and O–H groups in total. The number of aromatic nitrogens is 2. The van der Waals surface area contributed by atoms with Gasteiger partial charge in [0.1, 0.15) is 12.4 Å². The van der Waals surface area contributed by atoms with Crippen molar-refractivity contribution in [3.05, 3.63) is 11.7 Å². The molecule has 0 fully saturated rings. The molecule has 1 atom stereocenters. The minimum absolute atomic E-state index is 0.0987. The van der Waals surface area contributed by atoms with E-state index in [1.54, 1.807) is 6.92 Å². The normalized spacial score (nSPS) is 12.7. The van der Waals surface area contributed by atoms with Gasteiger partial charge in [-0.25, -0.2) is 0 Å². The zero-order chi connectivity index (χ0) is 11.3. The van der Waals surface area contributed by atoms with Crippen LogP contribution < -0.4 is 0 Å². The monoisotopic (exact) mass is 212 g/mol. The quantitative estimate of drug-likeness (QED) is 0.717. The lowest BCUT2D eigenvalue weighted by Crippen LogP contribution is -2.08. The lowest BCUT2D eigenvalue weighted by molar-refractivity contribution is -0.120. The molecule has 0 aromatic carbocycles. The number of hydrogen-bond acceptors (Lipinski definition) is 5. The number of hydrogen-bond donors (Lipinski definition) is 0. The molecule has 0 aliphatic rings. The Hall–Kier alpha value is -1.23. The Morgan fingerprint density at radius 2 is 2.27 bits per heavy atom. The van der Waals surface area contributed by atoms with Gasteiger partial charge in [-0.1, -0.05) is 12.1 Å². The molecular weight excluding hydrogens is 196 g/mol. The van der Waals surface area contributed by atoms with Crippen LogP contribution in [0.1, 0.15) is 44.8 Å². The molecule has 1 rings (SSSR count). The van der Waals surface area contributed by atoms with Crippen LogP contribution in [0.3, 0.4) is 0 Å². The van der Waals surface area contributed by atoms with Gasteiger partial charge in [-0.2, -0.15) is 4.98 Å². The predicted molar refractivity (Wildman–Crippen MR) is 53.3 cm³/mol. The molecule has 84 valence electrons. The summed E-state index contributed by atoms with van der Waals surface area (Å²) in [6.45, 7) is 6.41. The average Bonchev–Trinajstić information content (AvgIpc) is 2.72. The second-order valence-electron chi connectivity index (χ2n) is 3.23. The highest BCUT2D eigenvalue weighted by molar-refractivity contribution is 5.83. The van der Waals surface area contributed by atoms with Crippen LogP contribution in [0.25, 0.3) is 0 Å². The van der Waals surface area contributed by atoms with Crippen molar-refractivity contribution in [3.63, 3.8) is 0 Å². The molecular formula is C10H16N2O3. The van der Waals surface area contributed by atoms with E-state index in [1.165, 1.54) is 0 Å². The fraction of sp³-hybridized carbons (Fsp3) is 0.700. The Labute approximate surface area is 88.8 Å². The molecule has 0 bridgehead atoms. The average molecular weight is 212 g/mol. The van der Waals surface area contributed by atoms with Crippen molar-refractivity contribution in [2.75, 3.05) is 6.61 Å². The van der Waals surface area contributed by atoms with Crippen molar-refractivity contribution < 1.29 is 14.1 Å². The summed E-state index contributed by atoms with van der Waals surface area (Å²) in [5.41, 5.74) is 0. The number of ketones is 1. The maximum Gasteiger partial charge on any atom is 0.237 e. The van der Waals surface area contributed by atoms with Gasteiger partial charge < -0.3 is 9.26 Å². The fourth-order valence-corrected chi connectivity index (χ4v) is 1.14. The van der Waals surface area contributed by atoms with Crippen molar-refractivity contribution in [2.45, 2.75) is 39.7 Å². The molecule has 5 nitrogen and oxygen atoms in total. The van der Waals surface area contributed by atoms with E-state index in [2.05, 4.69) is 10.1 Å². The molecule has 0 spiro atoms. The van der Waals surface area contributed by atoms with E-state index in [1.807, 2.05) is 13.8 Å². The molecule has 15 heavy (non-hydrogen) atoms. The van der Waals surface area contributed by atoms with Crippen LogP contribution in [-0.2, 0) is 16.1 Å². The lowest BCUT2D eigenvalue weighted by atomic mass is 10.1. The van der Waals surface area contributed by atoms with Gasteiger partial charge in [0.15, 0.2) is 5.82 Å². The molecule has 1 heterocycles. The molecule has 5 heteroatoms. The largest absolute Gasteiger partial charge is 0.374 e. The standard InChI is InChI=1S/C10H16N2O3/c1-4-8(13)7(3)10-11-9(12-15-10)6-14-5-2/h7H,4-6H2,1-3H3. The van der Waals surface area contributed by atoms with Gasteiger partial charge in [0.2, 0.25) is 5.89 Å². The first-order valence-corrected chi connectivity index (χ1v) is 5.12. The van der Waals surface area contributed by atoms with Crippen molar-refractivity contribution in [2.24, 2.45) is 0 Å². The van der Waals surface area contributed by atoms with Crippen LogP contribution in [0.15, 0.2) is 4.52 Å². The smallest absolute Gasteiger partial charge is 0.237 e. The third-order valence-electron chi connectivity index (χ3n) is 2.12. The number of ether oxygens (including phenoxy) is 1. The van der Waals surface area contributed by atoms with Gasteiger partial charge in [-0.15, -0.1) is 0 Å². The zero-order valence-corrected chi connectivity index (χ0v) is 9.32. The lowest BCUT2D eigenvalue weighted by Gasteiger charge is -2.01. The highest BCUT2D eigenvalue weighted by Crippen LogP contribution is 2.15. The molecule has 0 amide bonds. The third kappa shape index (κ3) is 3.13. The van der Waals surface area contributed by atoms with Crippen molar-refractivity contribution in [1.29, 1.82) is 0 Å². The number of nitrogens with zero attached hydrogens (tertiary/aromatic N) is 2. The Kier molecular flexibility index (Phi) is 4.42. The highest BCUT2D eigenvalue weighted by Gasteiger charge is 2.19. The highest BCUT2D eigenvalue weighted by atomic mass is 16.5. The molecule has 1 aromatic heterocycles. The van der Waals surface area contributed by atoms with E-state index in [4.69, 9.17) is 9.26 Å². The fourth-order valence-electron chi connectivity index (χ4n) is 1.14. The van der Waals surface area contributed by atoms with Gasteiger partial charge in [0.05, 0.1) is 5.92 Å². The minimum Gasteiger partial charge on any atom is -0.374 e. The van der Waals surface area contributed by atoms with E-state index in [9.17, 15) is 4.79 Å². The summed E-state index contributed by atoms with van der Waals surface area (Å²) in [7, 11) is 0. The van der Waals surface area contributed by atoms with Crippen molar-refractivity contribution in [3.8, 4) is 0 Å². The number of Topliss-reactive ketones (excluding diaryl/α,β-unsaturated/α-hetero) is 1. The SMILES string of the molecule is CCOCc1noc(C(C)C(=O)CC)n1. The molecule has 0 aliphatic heterocycles. The Bertz CT molecular complexity index is 322. The first-order chi connectivity index (χ1) is 7.19. The topological polar surface area (TPSA) is 65.2 Å². The van der Waals surface area contributed by atoms with Crippen LogP contribution in [-0.4, -0.2) is 22.5 Å². The molecule has 1 unspecified atom stereocenters. The van der Waals surface area contributed by atoms with Crippen LogP contribution in [0.4, 0.5) is 0 Å². The van der Waals surface area contributed by atoms with Crippen LogP contribution in [0, 0.1) is 0 Å². The van der Waals surface area contributed by atoms with Gasteiger partial charge >= 0.3 is 0 Å².